The van der Waals surface area contributed by atoms with E-state index in [9.17, 15) is 0 Å². The molecule has 160 valence electrons. The second kappa shape index (κ2) is 13.2. The SMILES string of the molecule is CN=C(NCCC(C)c1ccc(OC)cc1)NCC1(CCOC)CCCC1.I. The molecule has 28 heavy (non-hydrogen) atoms. The molecular weight excluding hydrogens is 465 g/mol. The number of hydrogen-bond donors (Lipinski definition) is 2. The first kappa shape index (κ1) is 25.0. The Hall–Kier alpha value is -1.02. The fraction of sp³-hybridized carbons (Fsp3) is 0.682. The Morgan fingerprint density at radius 2 is 1.82 bits per heavy atom. The zero-order valence-corrected chi connectivity index (χ0v) is 20.3. The smallest absolute Gasteiger partial charge is 0.190 e. The molecule has 0 bridgehead atoms. The number of methoxy groups -OCH3 is 2. The van der Waals surface area contributed by atoms with Crippen LogP contribution in [0.3, 0.4) is 0 Å². The van der Waals surface area contributed by atoms with Gasteiger partial charge in [-0.2, -0.15) is 0 Å². The third kappa shape index (κ3) is 7.78. The Kier molecular flexibility index (Phi) is 11.8. The van der Waals surface area contributed by atoms with E-state index in [0.717, 1.165) is 44.2 Å². The molecule has 6 heteroatoms. The van der Waals surface area contributed by atoms with Crippen LogP contribution in [0.1, 0.15) is 56.9 Å². The van der Waals surface area contributed by atoms with E-state index in [0.29, 0.717) is 11.3 Å². The van der Waals surface area contributed by atoms with Gasteiger partial charge >= 0.3 is 0 Å². The van der Waals surface area contributed by atoms with Gasteiger partial charge in [0.2, 0.25) is 0 Å². The molecule has 1 atom stereocenters. The molecule has 0 heterocycles. The lowest BCUT2D eigenvalue weighted by Gasteiger charge is -2.30. The van der Waals surface area contributed by atoms with Crippen molar-refractivity contribution in [3.8, 4) is 5.75 Å². The van der Waals surface area contributed by atoms with E-state index in [1.54, 1.807) is 14.2 Å². The summed E-state index contributed by atoms with van der Waals surface area (Å²) >= 11 is 0. The number of guanidine groups is 1. The van der Waals surface area contributed by atoms with Crippen molar-refractivity contribution in [1.82, 2.24) is 10.6 Å². The molecule has 1 aromatic carbocycles. The van der Waals surface area contributed by atoms with Crippen LogP contribution in [-0.4, -0.2) is 46.9 Å². The summed E-state index contributed by atoms with van der Waals surface area (Å²) in [5.41, 5.74) is 1.70. The van der Waals surface area contributed by atoms with Gasteiger partial charge in [0.15, 0.2) is 5.96 Å². The van der Waals surface area contributed by atoms with E-state index in [4.69, 9.17) is 9.47 Å². The topological polar surface area (TPSA) is 54.9 Å². The summed E-state index contributed by atoms with van der Waals surface area (Å²) in [5, 5.41) is 7.03. The second-order valence-electron chi connectivity index (χ2n) is 7.77. The number of hydrogen-bond acceptors (Lipinski definition) is 3. The zero-order valence-electron chi connectivity index (χ0n) is 17.9. The molecule has 0 spiro atoms. The molecule has 0 radical (unpaired) electrons. The zero-order chi connectivity index (χ0) is 19.5. The lowest BCUT2D eigenvalue weighted by atomic mass is 9.83. The first-order valence-corrected chi connectivity index (χ1v) is 10.2. The van der Waals surface area contributed by atoms with Crippen molar-refractivity contribution >= 4 is 29.9 Å². The van der Waals surface area contributed by atoms with Gasteiger partial charge in [-0.05, 0) is 54.7 Å². The van der Waals surface area contributed by atoms with E-state index >= 15 is 0 Å². The summed E-state index contributed by atoms with van der Waals surface area (Å²) in [6.45, 7) is 4.98. The molecule has 2 rings (SSSR count). The van der Waals surface area contributed by atoms with Gasteiger partial charge < -0.3 is 20.1 Å². The first-order chi connectivity index (χ1) is 13.1. The van der Waals surface area contributed by atoms with Crippen molar-refractivity contribution in [2.45, 2.75) is 51.4 Å². The molecule has 1 aliphatic carbocycles. The highest BCUT2D eigenvalue weighted by molar-refractivity contribution is 14.0. The minimum Gasteiger partial charge on any atom is -0.497 e. The molecule has 1 aliphatic rings. The average molecular weight is 503 g/mol. The molecule has 5 nitrogen and oxygen atoms in total. The fourth-order valence-electron chi connectivity index (χ4n) is 3.96. The van der Waals surface area contributed by atoms with Crippen LogP contribution in [0, 0.1) is 5.41 Å². The number of benzene rings is 1. The third-order valence-electron chi connectivity index (χ3n) is 5.91. The monoisotopic (exact) mass is 503 g/mol. The van der Waals surface area contributed by atoms with Crippen molar-refractivity contribution in [2.24, 2.45) is 10.4 Å². The van der Waals surface area contributed by atoms with E-state index in [2.05, 4.69) is 34.7 Å². The predicted octanol–water partition coefficient (Wildman–Crippen LogP) is 4.57. The van der Waals surface area contributed by atoms with Crippen LogP contribution in [-0.2, 0) is 4.74 Å². The number of halogens is 1. The summed E-state index contributed by atoms with van der Waals surface area (Å²) in [7, 11) is 5.34. The first-order valence-electron chi connectivity index (χ1n) is 10.2. The van der Waals surface area contributed by atoms with Gasteiger partial charge in [0.05, 0.1) is 7.11 Å². The summed E-state index contributed by atoms with van der Waals surface area (Å²) < 4.78 is 10.6. The highest BCUT2D eigenvalue weighted by Crippen LogP contribution is 2.40. The van der Waals surface area contributed by atoms with Crippen LogP contribution in [0.2, 0.25) is 0 Å². The standard InChI is InChI=1S/C22H37N3O2.HI/c1-18(19-7-9-20(27-4)10-8-19)11-15-24-21(23-2)25-17-22(14-16-26-3)12-5-6-13-22;/h7-10,18H,5-6,11-17H2,1-4H3,(H2,23,24,25);1H. The molecule has 1 unspecified atom stereocenters. The molecule has 0 amide bonds. The van der Waals surface area contributed by atoms with Gasteiger partial charge in [0.1, 0.15) is 5.75 Å². The summed E-state index contributed by atoms with van der Waals surface area (Å²) in [4.78, 5) is 4.40. The van der Waals surface area contributed by atoms with Crippen molar-refractivity contribution in [3.05, 3.63) is 29.8 Å². The molecule has 1 aromatic rings. The van der Waals surface area contributed by atoms with Gasteiger partial charge in [0, 0.05) is 33.9 Å². The van der Waals surface area contributed by atoms with Gasteiger partial charge in [-0.1, -0.05) is 31.9 Å². The van der Waals surface area contributed by atoms with Gasteiger partial charge in [-0.15, -0.1) is 24.0 Å². The molecule has 0 saturated heterocycles. The van der Waals surface area contributed by atoms with Crippen LogP contribution in [0.5, 0.6) is 5.75 Å². The Morgan fingerprint density at radius 3 is 2.39 bits per heavy atom. The van der Waals surface area contributed by atoms with Gasteiger partial charge in [0.25, 0.3) is 0 Å². The Bertz CT molecular complexity index is 572. The lowest BCUT2D eigenvalue weighted by Crippen LogP contribution is -2.43. The highest BCUT2D eigenvalue weighted by Gasteiger charge is 2.33. The largest absolute Gasteiger partial charge is 0.497 e. The van der Waals surface area contributed by atoms with Crippen molar-refractivity contribution in [3.63, 3.8) is 0 Å². The van der Waals surface area contributed by atoms with Crippen LogP contribution in [0.15, 0.2) is 29.3 Å². The summed E-state index contributed by atoms with van der Waals surface area (Å²) in [5.74, 6) is 2.30. The number of ether oxygens (including phenoxy) is 2. The minimum atomic E-state index is 0. The minimum absolute atomic E-state index is 0. The van der Waals surface area contributed by atoms with Crippen molar-refractivity contribution < 1.29 is 9.47 Å². The third-order valence-corrected chi connectivity index (χ3v) is 5.91. The number of aliphatic imine (C=N–C) groups is 1. The highest BCUT2D eigenvalue weighted by atomic mass is 127. The molecule has 0 aliphatic heterocycles. The molecule has 1 fully saturated rings. The maximum Gasteiger partial charge on any atom is 0.190 e. The predicted molar refractivity (Wildman–Crippen MR) is 128 cm³/mol. The van der Waals surface area contributed by atoms with E-state index < -0.39 is 0 Å². The average Bonchev–Trinajstić information content (AvgIpc) is 3.18. The number of nitrogens with zero attached hydrogens (tertiary/aromatic N) is 1. The Balaban J connectivity index is 0.00000392. The van der Waals surface area contributed by atoms with Crippen LogP contribution in [0.25, 0.3) is 0 Å². The quantitative estimate of drug-likeness (QED) is 0.279. The van der Waals surface area contributed by atoms with Gasteiger partial charge in [-0.25, -0.2) is 0 Å². The molecule has 1 saturated carbocycles. The van der Waals surface area contributed by atoms with Crippen molar-refractivity contribution in [2.75, 3.05) is 41.0 Å². The summed E-state index contributed by atoms with van der Waals surface area (Å²) in [6, 6.07) is 8.36. The second-order valence-corrected chi connectivity index (χ2v) is 7.77. The van der Waals surface area contributed by atoms with E-state index in [1.807, 2.05) is 19.2 Å². The molecular formula is C22H38IN3O2. The lowest BCUT2D eigenvalue weighted by molar-refractivity contribution is 0.138. The number of nitrogens with one attached hydrogen (secondary N) is 2. The van der Waals surface area contributed by atoms with Crippen molar-refractivity contribution in [1.29, 1.82) is 0 Å². The summed E-state index contributed by atoms with van der Waals surface area (Å²) in [6.07, 6.45) is 7.42. The fourth-order valence-corrected chi connectivity index (χ4v) is 3.96. The van der Waals surface area contributed by atoms with Crippen LogP contribution >= 0.6 is 24.0 Å². The Labute approximate surface area is 188 Å². The van der Waals surface area contributed by atoms with Crippen LogP contribution < -0.4 is 15.4 Å². The molecule has 2 N–H and O–H groups in total. The molecule has 0 aromatic heterocycles. The van der Waals surface area contributed by atoms with E-state index in [-0.39, 0.29) is 24.0 Å². The Morgan fingerprint density at radius 1 is 1.14 bits per heavy atom. The van der Waals surface area contributed by atoms with Gasteiger partial charge in [-0.3, -0.25) is 4.99 Å². The van der Waals surface area contributed by atoms with E-state index in [1.165, 1.54) is 31.2 Å². The van der Waals surface area contributed by atoms with Crippen LogP contribution in [0.4, 0.5) is 0 Å². The maximum absolute atomic E-state index is 5.33. The maximum atomic E-state index is 5.33. The normalized spacial score (nSPS) is 16.9. The number of rotatable bonds is 10.